The molecule has 5 aliphatic rings. The average molecular weight is 285 g/mol. The predicted octanol–water partition coefficient (Wildman–Crippen LogP) is 3.14. The Balaban J connectivity index is 1.48. The molecule has 0 saturated heterocycles. The van der Waals surface area contributed by atoms with Crippen LogP contribution in [0.2, 0.25) is 0 Å². The summed E-state index contributed by atoms with van der Waals surface area (Å²) >= 11 is 0. The minimum atomic E-state index is 0.441. The number of aryl methyl sites for hydroxylation is 1. The van der Waals surface area contributed by atoms with Gasteiger partial charge < -0.3 is 5.32 Å². The van der Waals surface area contributed by atoms with Crippen LogP contribution in [-0.2, 0) is 19.0 Å². The van der Waals surface area contributed by atoms with E-state index >= 15 is 0 Å². The third-order valence-corrected chi connectivity index (χ3v) is 6.60. The van der Waals surface area contributed by atoms with Crippen molar-refractivity contribution in [2.45, 2.75) is 69.4 Å². The molecule has 5 saturated carbocycles. The molecule has 0 amide bonds. The highest BCUT2D eigenvalue weighted by molar-refractivity contribution is 5.30. The summed E-state index contributed by atoms with van der Waals surface area (Å²) in [7, 11) is 2.10. The van der Waals surface area contributed by atoms with E-state index < -0.39 is 0 Å². The molecular formula is C18H27N3. The number of rotatable bonds is 4. The van der Waals surface area contributed by atoms with E-state index in [1.807, 2.05) is 0 Å². The number of aromatic nitrogens is 2. The lowest BCUT2D eigenvalue weighted by Crippen LogP contribution is -2.49. The van der Waals surface area contributed by atoms with Crippen LogP contribution in [0.15, 0.2) is 6.20 Å². The minimum Gasteiger partial charge on any atom is -0.310 e. The van der Waals surface area contributed by atoms with Gasteiger partial charge in [-0.15, -0.1) is 0 Å². The van der Waals surface area contributed by atoms with Crippen molar-refractivity contribution >= 4 is 0 Å². The first-order valence-corrected chi connectivity index (χ1v) is 8.96. The van der Waals surface area contributed by atoms with Crippen molar-refractivity contribution in [1.29, 1.82) is 0 Å². The summed E-state index contributed by atoms with van der Waals surface area (Å²) in [6.07, 6.45) is 13.8. The fraction of sp³-hybridized carbons (Fsp3) is 0.833. The van der Waals surface area contributed by atoms with Crippen molar-refractivity contribution in [2.75, 3.05) is 0 Å². The molecule has 0 unspecified atom stereocenters. The second kappa shape index (κ2) is 4.34. The van der Waals surface area contributed by atoms with Crippen molar-refractivity contribution < 1.29 is 0 Å². The zero-order chi connectivity index (χ0) is 14.0. The molecule has 4 bridgehead atoms. The molecule has 0 spiro atoms. The van der Waals surface area contributed by atoms with Gasteiger partial charge in [0.1, 0.15) is 0 Å². The summed E-state index contributed by atoms with van der Waals surface area (Å²) in [5.74, 6) is 3.01. The van der Waals surface area contributed by atoms with E-state index in [0.29, 0.717) is 5.41 Å². The third-order valence-electron chi connectivity index (χ3n) is 6.60. The van der Waals surface area contributed by atoms with Crippen LogP contribution < -0.4 is 5.32 Å². The number of nitrogens with one attached hydrogen (secondary N) is 1. The van der Waals surface area contributed by atoms with E-state index in [1.165, 1.54) is 62.6 Å². The lowest BCUT2D eigenvalue weighted by Gasteiger charge is -2.56. The maximum absolute atomic E-state index is 4.98. The molecule has 0 aliphatic heterocycles. The quantitative estimate of drug-likeness (QED) is 0.921. The Morgan fingerprint density at radius 2 is 1.76 bits per heavy atom. The Hall–Kier alpha value is -0.830. The largest absolute Gasteiger partial charge is 0.310 e. The van der Waals surface area contributed by atoms with E-state index in [4.69, 9.17) is 5.10 Å². The molecule has 1 aromatic heterocycles. The van der Waals surface area contributed by atoms with Crippen LogP contribution in [0.5, 0.6) is 0 Å². The van der Waals surface area contributed by atoms with Crippen LogP contribution in [-0.4, -0.2) is 15.8 Å². The highest BCUT2D eigenvalue weighted by Gasteiger charge is 2.53. The van der Waals surface area contributed by atoms with Crippen molar-refractivity contribution in [2.24, 2.45) is 24.8 Å². The Labute approximate surface area is 127 Å². The Kier molecular flexibility index (Phi) is 2.62. The summed E-state index contributed by atoms with van der Waals surface area (Å²) in [5, 5.41) is 8.68. The molecule has 114 valence electrons. The zero-order valence-electron chi connectivity index (χ0n) is 13.1. The molecule has 5 fully saturated rings. The normalized spacial score (nSPS) is 40.9. The van der Waals surface area contributed by atoms with Gasteiger partial charge in [-0.05, 0) is 69.1 Å². The molecular weight excluding hydrogens is 258 g/mol. The van der Waals surface area contributed by atoms with Crippen LogP contribution in [0.25, 0.3) is 0 Å². The first-order valence-electron chi connectivity index (χ1n) is 8.96. The Morgan fingerprint density at radius 3 is 2.33 bits per heavy atom. The monoisotopic (exact) mass is 285 g/mol. The van der Waals surface area contributed by atoms with Gasteiger partial charge in [0.25, 0.3) is 0 Å². The van der Waals surface area contributed by atoms with E-state index in [9.17, 15) is 0 Å². The van der Waals surface area contributed by atoms with Crippen LogP contribution in [0.1, 0.15) is 62.6 Å². The number of hydrogen-bond acceptors (Lipinski definition) is 2. The van der Waals surface area contributed by atoms with Gasteiger partial charge in [0, 0.05) is 36.8 Å². The molecule has 5 aliphatic carbocycles. The molecule has 1 heterocycles. The molecule has 1 N–H and O–H groups in total. The van der Waals surface area contributed by atoms with Crippen molar-refractivity contribution in [3.8, 4) is 0 Å². The first kappa shape index (κ1) is 12.7. The molecule has 0 atom stereocenters. The van der Waals surface area contributed by atoms with Crippen molar-refractivity contribution in [3.63, 3.8) is 0 Å². The second-order valence-corrected chi connectivity index (χ2v) is 8.53. The average Bonchev–Trinajstić information content (AvgIpc) is 3.17. The Bertz CT molecular complexity index is 520. The number of hydrogen-bond donors (Lipinski definition) is 1. The van der Waals surface area contributed by atoms with E-state index in [0.717, 1.165) is 30.3 Å². The Morgan fingerprint density at radius 1 is 1.14 bits per heavy atom. The lowest BCUT2D eigenvalue weighted by molar-refractivity contribution is -0.00785. The van der Waals surface area contributed by atoms with Crippen LogP contribution in [0.4, 0.5) is 0 Å². The van der Waals surface area contributed by atoms with E-state index in [2.05, 4.69) is 23.2 Å². The predicted molar refractivity (Wildman–Crippen MR) is 82.9 cm³/mol. The fourth-order valence-corrected chi connectivity index (χ4v) is 6.06. The highest BCUT2D eigenvalue weighted by atomic mass is 15.3. The summed E-state index contributed by atoms with van der Waals surface area (Å²) in [4.78, 5) is 0. The van der Waals surface area contributed by atoms with Crippen LogP contribution >= 0.6 is 0 Å². The molecule has 6 rings (SSSR count). The molecule has 21 heavy (non-hydrogen) atoms. The third kappa shape index (κ3) is 2.08. The molecule has 3 heteroatoms. The minimum absolute atomic E-state index is 0.441. The fourth-order valence-electron chi connectivity index (χ4n) is 6.06. The summed E-state index contributed by atoms with van der Waals surface area (Å²) in [6, 6.07) is 0.786. The van der Waals surface area contributed by atoms with Crippen molar-refractivity contribution in [3.05, 3.63) is 17.5 Å². The van der Waals surface area contributed by atoms with E-state index in [1.54, 1.807) is 0 Å². The smallest absolute Gasteiger partial charge is 0.0731 e. The maximum Gasteiger partial charge on any atom is 0.0731 e. The summed E-state index contributed by atoms with van der Waals surface area (Å²) < 4.78 is 2.07. The summed E-state index contributed by atoms with van der Waals surface area (Å²) in [6.45, 7) is 1.04. The van der Waals surface area contributed by atoms with Crippen LogP contribution in [0.3, 0.4) is 0 Å². The van der Waals surface area contributed by atoms with Crippen LogP contribution in [0, 0.1) is 17.8 Å². The van der Waals surface area contributed by atoms with Gasteiger partial charge in [-0.1, -0.05) is 0 Å². The molecule has 1 aromatic rings. The van der Waals surface area contributed by atoms with Gasteiger partial charge in [-0.3, -0.25) is 4.68 Å². The molecule has 0 radical (unpaired) electrons. The first-order chi connectivity index (χ1) is 10.2. The van der Waals surface area contributed by atoms with Gasteiger partial charge >= 0.3 is 0 Å². The van der Waals surface area contributed by atoms with Gasteiger partial charge in [0.05, 0.1) is 5.69 Å². The van der Waals surface area contributed by atoms with Gasteiger partial charge in [-0.2, -0.15) is 5.10 Å². The summed E-state index contributed by atoms with van der Waals surface area (Å²) in [5.41, 5.74) is 3.40. The van der Waals surface area contributed by atoms with Gasteiger partial charge in [0.2, 0.25) is 0 Å². The number of nitrogens with zero attached hydrogens (tertiary/aromatic N) is 2. The molecule has 0 aromatic carbocycles. The van der Waals surface area contributed by atoms with Gasteiger partial charge in [-0.25, -0.2) is 0 Å². The lowest BCUT2D eigenvalue weighted by atomic mass is 9.48. The SMILES string of the molecule is Cn1cc(CNC2CC2)c(C23CC4CC(CC(C4)C2)C3)n1. The topological polar surface area (TPSA) is 29.9 Å². The second-order valence-electron chi connectivity index (χ2n) is 8.53. The van der Waals surface area contributed by atoms with E-state index in [-0.39, 0.29) is 0 Å². The highest BCUT2D eigenvalue weighted by Crippen LogP contribution is 2.60. The standard InChI is InChI=1S/C18H27N3/c1-21-11-15(10-19-16-2-3-16)17(20-21)18-7-12-4-13(8-18)6-14(5-12)9-18/h11-14,16,19H,2-10H2,1H3. The zero-order valence-corrected chi connectivity index (χ0v) is 13.1. The van der Waals surface area contributed by atoms with Gasteiger partial charge in [0.15, 0.2) is 0 Å². The molecule has 3 nitrogen and oxygen atoms in total. The maximum atomic E-state index is 4.98. The van der Waals surface area contributed by atoms with Crippen molar-refractivity contribution in [1.82, 2.24) is 15.1 Å².